The van der Waals surface area contributed by atoms with E-state index in [1.54, 1.807) is 42.4 Å². The van der Waals surface area contributed by atoms with Crippen LogP contribution in [-0.4, -0.2) is 79.1 Å². The Morgan fingerprint density at radius 1 is 1.10 bits per heavy atom. The van der Waals surface area contributed by atoms with Crippen molar-refractivity contribution in [2.45, 2.75) is 71.4 Å². The SMILES string of the molecule is CC(=O)c1nn(CC(=O)N2[C@H]3C[C@@]4(COCCCCOCc5ccc(Br)nc5NC3=O)C[C@@H]24)c2c(CF)cc(-c3cnc(C)nc3)cc12. The number of anilines is 1. The van der Waals surface area contributed by atoms with Gasteiger partial charge in [0.25, 0.3) is 0 Å². The van der Waals surface area contributed by atoms with E-state index in [-0.39, 0.29) is 53.5 Å². The molecule has 1 spiro atoms. The van der Waals surface area contributed by atoms with Gasteiger partial charge >= 0.3 is 0 Å². The van der Waals surface area contributed by atoms with E-state index in [4.69, 9.17) is 9.47 Å². The van der Waals surface area contributed by atoms with Crippen molar-refractivity contribution in [3.05, 3.63) is 63.9 Å². The first-order chi connectivity index (χ1) is 23.2. The highest BCUT2D eigenvalue weighted by atomic mass is 79.9. The number of hydrogen-bond donors (Lipinski definition) is 1. The zero-order valence-electron chi connectivity index (χ0n) is 26.7. The predicted molar refractivity (Wildman–Crippen MR) is 177 cm³/mol. The molecule has 3 atom stereocenters. The van der Waals surface area contributed by atoms with Crippen molar-refractivity contribution in [1.29, 1.82) is 0 Å². The molecule has 48 heavy (non-hydrogen) atoms. The van der Waals surface area contributed by atoms with Crippen molar-refractivity contribution in [3.8, 4) is 11.1 Å². The summed E-state index contributed by atoms with van der Waals surface area (Å²) in [5.41, 5.74) is 2.44. The quantitative estimate of drug-likeness (QED) is 0.224. The van der Waals surface area contributed by atoms with Gasteiger partial charge in [0.2, 0.25) is 11.8 Å². The maximum atomic E-state index is 14.7. The van der Waals surface area contributed by atoms with Crippen LogP contribution in [-0.2, 0) is 38.9 Å². The molecule has 1 aliphatic carbocycles. The van der Waals surface area contributed by atoms with Gasteiger partial charge in [0.15, 0.2) is 5.78 Å². The van der Waals surface area contributed by atoms with E-state index in [2.05, 4.69) is 41.3 Å². The number of hydrogen-bond acceptors (Lipinski definition) is 9. The lowest BCUT2D eigenvalue weighted by Crippen LogP contribution is -2.47. The number of aryl methyl sites for hydroxylation is 1. The number of carbonyl (C=O) groups excluding carboxylic acids is 3. The Kier molecular flexibility index (Phi) is 8.81. The highest BCUT2D eigenvalue weighted by molar-refractivity contribution is 9.10. The second kappa shape index (κ2) is 13.1. The van der Waals surface area contributed by atoms with Gasteiger partial charge in [-0.2, -0.15) is 5.10 Å². The maximum Gasteiger partial charge on any atom is 0.248 e. The van der Waals surface area contributed by atoms with Crippen molar-refractivity contribution in [1.82, 2.24) is 29.6 Å². The van der Waals surface area contributed by atoms with Crippen LogP contribution in [0.1, 0.15) is 60.0 Å². The molecule has 2 aliphatic heterocycles. The van der Waals surface area contributed by atoms with Gasteiger partial charge in [-0.3, -0.25) is 19.1 Å². The lowest BCUT2D eigenvalue weighted by molar-refractivity contribution is -0.138. The number of ketones is 1. The number of amides is 2. The standard InChI is InChI=1S/C34H35BrFN7O5/c1-19(44)30-25-10-22(24-14-37-20(2)38-15-24)9-23(13-36)31(25)42(41-30)16-29(45)43-26-11-34(12-27(34)43)18-48-8-4-3-7-47-17-21-5-6-28(35)39-32(21)40-33(26)46/h5-6,9-10,14-15,26-27H,3-4,7-8,11-13,16-18H2,1-2H3,(H,39,40,46)/t26-,27+,34-/m0/s1. The molecule has 250 valence electrons. The summed E-state index contributed by atoms with van der Waals surface area (Å²) in [5.74, 6) is -0.0703. The molecule has 1 saturated carbocycles. The average Bonchev–Trinajstić information content (AvgIpc) is 3.47. The summed E-state index contributed by atoms with van der Waals surface area (Å²) < 4.78 is 28.5. The van der Waals surface area contributed by atoms with Gasteiger partial charge in [0.05, 0.1) is 18.7 Å². The minimum atomic E-state index is -0.849. The van der Waals surface area contributed by atoms with Crippen LogP contribution in [0.2, 0.25) is 0 Å². The highest BCUT2D eigenvalue weighted by Gasteiger charge is 2.67. The highest BCUT2D eigenvalue weighted by Crippen LogP contribution is 2.60. The number of aromatic nitrogens is 5. The number of benzene rings is 1. The lowest BCUT2D eigenvalue weighted by Gasteiger charge is -2.27. The molecule has 7 rings (SSSR count). The number of alkyl halides is 1. The van der Waals surface area contributed by atoms with E-state index in [0.29, 0.717) is 70.9 Å². The van der Waals surface area contributed by atoms with Crippen molar-refractivity contribution in [2.75, 3.05) is 25.1 Å². The molecule has 4 aromatic rings. The number of piperidine rings is 1. The van der Waals surface area contributed by atoms with Gasteiger partial charge in [0, 0.05) is 66.1 Å². The Bertz CT molecular complexity index is 1920. The number of ether oxygens (including phenoxy) is 2. The number of likely N-dealkylation sites (tertiary alicyclic amines) is 1. The molecule has 2 amide bonds. The molecule has 1 N–H and O–H groups in total. The third kappa shape index (κ3) is 6.12. The minimum Gasteiger partial charge on any atom is -0.381 e. The van der Waals surface area contributed by atoms with Gasteiger partial charge in [0.1, 0.15) is 41.2 Å². The predicted octanol–water partition coefficient (Wildman–Crippen LogP) is 4.96. The third-order valence-electron chi connectivity index (χ3n) is 9.47. The number of pyridine rings is 1. The van der Waals surface area contributed by atoms with Gasteiger partial charge in [-0.15, -0.1) is 0 Å². The Morgan fingerprint density at radius 3 is 2.62 bits per heavy atom. The first-order valence-corrected chi connectivity index (χ1v) is 16.8. The maximum absolute atomic E-state index is 14.7. The minimum absolute atomic E-state index is 0.129. The Morgan fingerprint density at radius 2 is 1.88 bits per heavy atom. The first-order valence-electron chi connectivity index (χ1n) is 16.0. The molecule has 3 aliphatic rings. The largest absolute Gasteiger partial charge is 0.381 e. The summed E-state index contributed by atoms with van der Waals surface area (Å²) in [6, 6.07) is 6.07. The number of carbonyl (C=O) groups is 3. The van der Waals surface area contributed by atoms with Crippen molar-refractivity contribution < 1.29 is 28.2 Å². The molecule has 1 aromatic carbocycles. The fraction of sp³-hybridized carbons (Fsp3) is 0.441. The van der Waals surface area contributed by atoms with E-state index in [1.807, 2.05) is 6.07 Å². The summed E-state index contributed by atoms with van der Waals surface area (Å²) in [7, 11) is 0. The number of nitrogens with zero attached hydrogens (tertiary/aromatic N) is 6. The summed E-state index contributed by atoms with van der Waals surface area (Å²) in [6.07, 6.45) is 6.09. The molecular weight excluding hydrogens is 685 g/mol. The molecule has 5 heterocycles. The summed E-state index contributed by atoms with van der Waals surface area (Å²) in [5, 5.41) is 7.92. The van der Waals surface area contributed by atoms with Crippen LogP contribution in [0.4, 0.5) is 10.2 Å². The summed E-state index contributed by atoms with van der Waals surface area (Å²) in [6.45, 7) is 3.85. The van der Waals surface area contributed by atoms with Gasteiger partial charge in [-0.1, -0.05) is 6.07 Å². The normalized spacial score (nSPS) is 22.8. The van der Waals surface area contributed by atoms with Crippen LogP contribution in [0.3, 0.4) is 0 Å². The molecule has 1 saturated heterocycles. The van der Waals surface area contributed by atoms with E-state index in [0.717, 1.165) is 18.4 Å². The molecule has 3 aromatic heterocycles. The van der Waals surface area contributed by atoms with Crippen molar-refractivity contribution in [3.63, 3.8) is 0 Å². The van der Waals surface area contributed by atoms with Gasteiger partial charge in [-0.05, 0) is 72.3 Å². The monoisotopic (exact) mass is 719 g/mol. The zero-order valence-corrected chi connectivity index (χ0v) is 28.3. The molecule has 0 unspecified atom stereocenters. The van der Waals surface area contributed by atoms with Crippen LogP contribution < -0.4 is 5.32 Å². The van der Waals surface area contributed by atoms with Crippen molar-refractivity contribution >= 4 is 50.2 Å². The lowest BCUT2D eigenvalue weighted by atomic mass is 10.00. The van der Waals surface area contributed by atoms with Gasteiger partial charge in [-0.25, -0.2) is 19.3 Å². The number of fused-ring (bicyclic) bond motifs is 3. The fourth-order valence-electron chi connectivity index (χ4n) is 6.97. The van der Waals surface area contributed by atoms with E-state index in [1.165, 1.54) is 11.6 Å². The number of Topliss-reactive ketones (excluding diaryl/α,β-unsaturated/α-hetero) is 1. The zero-order chi connectivity index (χ0) is 33.6. The molecule has 0 radical (unpaired) electrons. The van der Waals surface area contributed by atoms with Crippen LogP contribution in [0.5, 0.6) is 0 Å². The third-order valence-corrected chi connectivity index (χ3v) is 9.91. The molecule has 12 nitrogen and oxygen atoms in total. The number of rotatable bonds is 5. The van der Waals surface area contributed by atoms with Crippen LogP contribution in [0.15, 0.2) is 41.3 Å². The van der Waals surface area contributed by atoms with Crippen LogP contribution in [0, 0.1) is 12.3 Å². The smallest absolute Gasteiger partial charge is 0.248 e. The molecular formula is C34H35BrFN7O5. The van der Waals surface area contributed by atoms with Gasteiger partial charge < -0.3 is 19.7 Å². The Balaban J connectivity index is 1.23. The summed E-state index contributed by atoms with van der Waals surface area (Å²) >= 11 is 3.39. The van der Waals surface area contributed by atoms with Crippen molar-refractivity contribution in [2.24, 2.45) is 5.41 Å². The first kappa shape index (κ1) is 32.4. The molecule has 14 heteroatoms. The molecule has 2 fully saturated rings. The molecule has 2 bridgehead atoms. The van der Waals surface area contributed by atoms with Crippen LogP contribution in [0.25, 0.3) is 22.0 Å². The Hall–Kier alpha value is -4.14. The Labute approximate surface area is 284 Å². The van der Waals surface area contributed by atoms with E-state index in [9.17, 15) is 18.8 Å². The fourth-order valence-corrected chi connectivity index (χ4v) is 7.28. The topological polar surface area (TPSA) is 141 Å². The second-order valence-electron chi connectivity index (χ2n) is 12.8. The second-order valence-corrected chi connectivity index (χ2v) is 13.6. The van der Waals surface area contributed by atoms with E-state index < -0.39 is 12.7 Å². The average molecular weight is 721 g/mol. The number of nitrogens with one attached hydrogen (secondary N) is 1. The van der Waals surface area contributed by atoms with Crippen LogP contribution >= 0.6 is 15.9 Å². The van der Waals surface area contributed by atoms with E-state index >= 15 is 0 Å². The number of halogens is 2. The summed E-state index contributed by atoms with van der Waals surface area (Å²) in [4.78, 5) is 55.6.